The fourth-order valence-corrected chi connectivity index (χ4v) is 4.19. The molecule has 3 aromatic carbocycles. The largest absolute Gasteiger partial charge is 0.290 e. The summed E-state index contributed by atoms with van der Waals surface area (Å²) in [6.45, 7) is 1.83. The highest BCUT2D eigenvalue weighted by atomic mass is 16.6. The van der Waals surface area contributed by atoms with Gasteiger partial charge in [0.1, 0.15) is 6.20 Å². The van der Waals surface area contributed by atoms with E-state index in [1.54, 1.807) is 19.1 Å². The van der Waals surface area contributed by atoms with Gasteiger partial charge in [-0.25, -0.2) is 8.97 Å². The fourth-order valence-electron chi connectivity index (χ4n) is 4.19. The zero-order valence-corrected chi connectivity index (χ0v) is 18.6. The lowest BCUT2D eigenvalue weighted by molar-refractivity contribution is -0.510. The smallest absolute Gasteiger partial charge is 0.287 e. The van der Waals surface area contributed by atoms with Gasteiger partial charge >= 0.3 is 0 Å². The van der Waals surface area contributed by atoms with Crippen molar-refractivity contribution in [3.63, 3.8) is 0 Å². The number of benzene rings is 3. The molecule has 0 aliphatic rings. The molecule has 2 aromatic heterocycles. The van der Waals surface area contributed by atoms with Gasteiger partial charge in [-0.2, -0.15) is 0 Å². The summed E-state index contributed by atoms with van der Waals surface area (Å²) in [5, 5.41) is 11.5. The van der Waals surface area contributed by atoms with E-state index in [0.29, 0.717) is 16.7 Å². The number of nitro benzene ring substituents is 1. The van der Waals surface area contributed by atoms with Gasteiger partial charge in [0, 0.05) is 28.8 Å². The molecule has 166 valence electrons. The van der Waals surface area contributed by atoms with Crippen LogP contribution in [0.25, 0.3) is 28.0 Å². The van der Waals surface area contributed by atoms with Gasteiger partial charge in [-0.15, -0.1) is 0 Å². The van der Waals surface area contributed by atoms with Crippen molar-refractivity contribution in [2.24, 2.45) is 0 Å². The third-order valence-electron chi connectivity index (χ3n) is 6.01. The maximum atomic E-state index is 13.3. The third kappa shape index (κ3) is 3.97. The van der Waals surface area contributed by atoms with Gasteiger partial charge in [-0.05, 0) is 30.2 Å². The van der Waals surface area contributed by atoms with Crippen LogP contribution in [0.15, 0.2) is 103 Å². The number of fused-ring (bicyclic) bond motifs is 1. The number of rotatable bonds is 6. The van der Waals surface area contributed by atoms with Gasteiger partial charge in [0.15, 0.2) is 12.2 Å². The Morgan fingerprint density at radius 2 is 1.56 bits per heavy atom. The molecule has 6 heteroatoms. The molecule has 0 amide bonds. The summed E-state index contributed by atoms with van der Waals surface area (Å²) < 4.78 is 3.83. The molecule has 0 aliphatic heterocycles. The number of hydrogen-bond acceptors (Lipinski definition) is 3. The molecule has 0 aliphatic carbocycles. The minimum atomic E-state index is -0.377. The van der Waals surface area contributed by atoms with Crippen molar-refractivity contribution in [1.82, 2.24) is 4.57 Å². The zero-order chi connectivity index (χ0) is 23.7. The highest BCUT2D eigenvalue weighted by molar-refractivity contribution is 5.97. The van der Waals surface area contributed by atoms with Crippen molar-refractivity contribution >= 4 is 17.1 Å². The second-order valence-corrected chi connectivity index (χ2v) is 8.19. The molecule has 0 bridgehead atoms. The first-order chi connectivity index (χ1) is 16.5. The number of nitro groups is 1. The number of imidazole rings is 1. The Hall–Kier alpha value is -4.58. The van der Waals surface area contributed by atoms with E-state index in [0.717, 1.165) is 22.5 Å². The Morgan fingerprint density at radius 1 is 0.882 bits per heavy atom. The van der Waals surface area contributed by atoms with Gasteiger partial charge in [0.2, 0.25) is 5.78 Å². The lowest BCUT2D eigenvalue weighted by Crippen LogP contribution is -2.19. The summed E-state index contributed by atoms with van der Waals surface area (Å²) in [6, 6.07) is 28.5. The maximum absolute atomic E-state index is 13.3. The van der Waals surface area contributed by atoms with Crippen molar-refractivity contribution in [2.75, 3.05) is 0 Å². The Balaban J connectivity index is 1.52. The van der Waals surface area contributed by atoms with E-state index in [1.165, 1.54) is 0 Å². The number of carbonyl (C=O) groups is 1. The third-order valence-corrected chi connectivity index (χ3v) is 6.01. The van der Waals surface area contributed by atoms with Crippen LogP contribution in [0.4, 0.5) is 5.69 Å². The SMILES string of the molecule is Cc1ccc(-c2c[n+]3ccccc3n2CC(=O)c2ccc(-c3ccccc3)cc2)cc1[N+](=O)[O-]. The van der Waals surface area contributed by atoms with E-state index < -0.39 is 0 Å². The number of ketones is 1. The lowest BCUT2D eigenvalue weighted by atomic mass is 10.0. The summed E-state index contributed by atoms with van der Waals surface area (Å²) >= 11 is 0. The first kappa shape index (κ1) is 21.3. The molecular formula is C28H22N3O3+. The van der Waals surface area contributed by atoms with Crippen molar-refractivity contribution in [1.29, 1.82) is 0 Å². The molecule has 5 rings (SSSR count). The molecule has 0 spiro atoms. The molecule has 0 saturated heterocycles. The highest BCUT2D eigenvalue weighted by Gasteiger charge is 2.24. The first-order valence-corrected chi connectivity index (χ1v) is 10.9. The highest BCUT2D eigenvalue weighted by Crippen LogP contribution is 2.28. The average molecular weight is 449 g/mol. The minimum Gasteiger partial charge on any atom is -0.290 e. The molecule has 6 nitrogen and oxygen atoms in total. The summed E-state index contributed by atoms with van der Waals surface area (Å²) in [5.74, 6) is -0.0376. The van der Waals surface area contributed by atoms with E-state index in [4.69, 9.17) is 0 Å². The summed E-state index contributed by atoms with van der Waals surface area (Å²) in [4.78, 5) is 24.4. The van der Waals surface area contributed by atoms with E-state index in [1.807, 2.05) is 100 Å². The molecule has 0 fully saturated rings. The van der Waals surface area contributed by atoms with Crippen LogP contribution < -0.4 is 4.40 Å². The van der Waals surface area contributed by atoms with Gasteiger partial charge in [-0.3, -0.25) is 14.9 Å². The molecule has 34 heavy (non-hydrogen) atoms. The molecule has 0 radical (unpaired) electrons. The summed E-state index contributed by atoms with van der Waals surface area (Å²) in [6.07, 6.45) is 3.80. The van der Waals surface area contributed by atoms with E-state index in [-0.39, 0.29) is 22.9 Å². The van der Waals surface area contributed by atoms with Crippen LogP contribution in [0.3, 0.4) is 0 Å². The normalized spacial score (nSPS) is 11.0. The monoisotopic (exact) mass is 448 g/mol. The van der Waals surface area contributed by atoms with Crippen LogP contribution in [0.2, 0.25) is 0 Å². The second-order valence-electron chi connectivity index (χ2n) is 8.19. The van der Waals surface area contributed by atoms with E-state index in [9.17, 15) is 14.9 Å². The minimum absolute atomic E-state index is 0.0376. The molecule has 0 N–H and O–H groups in total. The van der Waals surface area contributed by atoms with E-state index >= 15 is 0 Å². The van der Waals surface area contributed by atoms with Crippen molar-refractivity contribution < 1.29 is 14.1 Å². The number of aromatic nitrogens is 2. The first-order valence-electron chi connectivity index (χ1n) is 10.9. The van der Waals surface area contributed by atoms with Gasteiger partial charge in [0.05, 0.1) is 11.1 Å². The Morgan fingerprint density at radius 3 is 2.29 bits per heavy atom. The fraction of sp³-hybridized carbons (Fsp3) is 0.0714. The van der Waals surface area contributed by atoms with Gasteiger partial charge in [-0.1, -0.05) is 66.7 Å². The Kier molecular flexibility index (Phi) is 5.47. The predicted molar refractivity (Wildman–Crippen MR) is 131 cm³/mol. The number of hydrogen-bond donors (Lipinski definition) is 0. The van der Waals surface area contributed by atoms with Crippen LogP contribution in [0, 0.1) is 17.0 Å². The van der Waals surface area contributed by atoms with Crippen LogP contribution in [-0.2, 0) is 6.54 Å². The quantitative estimate of drug-likeness (QED) is 0.146. The van der Waals surface area contributed by atoms with Crippen LogP contribution >= 0.6 is 0 Å². The maximum Gasteiger partial charge on any atom is 0.287 e. The molecule has 5 aromatic rings. The number of aryl methyl sites for hydroxylation is 1. The van der Waals surface area contributed by atoms with Gasteiger partial charge < -0.3 is 0 Å². The summed E-state index contributed by atoms with van der Waals surface area (Å²) in [5.41, 5.74) is 5.67. The standard InChI is InChI=1S/C28H22N3O3/c1-20-10-11-24(17-25(20)31(33)34)26-18-29-16-6-5-9-28(29)30(26)19-27(32)23-14-12-22(13-15-23)21-7-3-2-4-8-21/h2-18H,19H2,1H3/q+1. The van der Waals surface area contributed by atoms with Gasteiger partial charge in [0.25, 0.3) is 11.3 Å². The molecule has 0 saturated carbocycles. The average Bonchev–Trinajstić information content (AvgIpc) is 3.23. The Labute approximate surface area is 196 Å². The summed E-state index contributed by atoms with van der Waals surface area (Å²) in [7, 11) is 0. The molecular weight excluding hydrogens is 426 g/mol. The number of pyridine rings is 1. The molecule has 0 atom stereocenters. The van der Waals surface area contributed by atoms with Crippen LogP contribution in [-0.4, -0.2) is 15.3 Å². The van der Waals surface area contributed by atoms with Crippen molar-refractivity contribution in [3.05, 3.63) is 125 Å². The van der Waals surface area contributed by atoms with Crippen LogP contribution in [0.5, 0.6) is 0 Å². The molecule has 2 heterocycles. The molecule has 0 unspecified atom stereocenters. The number of carbonyl (C=O) groups excluding carboxylic acids is 1. The number of nitrogens with zero attached hydrogens (tertiary/aromatic N) is 3. The van der Waals surface area contributed by atoms with Crippen molar-refractivity contribution in [2.45, 2.75) is 13.5 Å². The van der Waals surface area contributed by atoms with Crippen molar-refractivity contribution in [3.8, 4) is 22.4 Å². The zero-order valence-electron chi connectivity index (χ0n) is 18.6. The van der Waals surface area contributed by atoms with E-state index in [2.05, 4.69) is 0 Å². The predicted octanol–water partition coefficient (Wildman–Crippen LogP) is 5.66. The van der Waals surface area contributed by atoms with Crippen LogP contribution in [0.1, 0.15) is 15.9 Å². The number of Topliss-reactive ketones (excluding diaryl/α,β-unsaturated/α-hetero) is 1. The lowest BCUT2D eigenvalue weighted by Gasteiger charge is -2.06. The Bertz CT molecular complexity index is 1520. The topological polar surface area (TPSA) is 69.2 Å². The second kappa shape index (κ2) is 8.75.